The van der Waals surface area contributed by atoms with Crippen LogP contribution in [0.3, 0.4) is 0 Å². The normalized spacial score (nSPS) is 10.7. The van der Waals surface area contributed by atoms with Gasteiger partial charge in [0.15, 0.2) is 0 Å². The van der Waals surface area contributed by atoms with Crippen molar-refractivity contribution in [2.45, 2.75) is 19.4 Å². The van der Waals surface area contributed by atoms with Gasteiger partial charge in [-0.3, -0.25) is 9.78 Å². The summed E-state index contributed by atoms with van der Waals surface area (Å²) in [5.74, 6) is -0.596. The number of ether oxygens (including phenoxy) is 1. The molecular formula is C10H11BrF2N2O2. The summed E-state index contributed by atoms with van der Waals surface area (Å²) in [4.78, 5) is 15.0. The van der Waals surface area contributed by atoms with Gasteiger partial charge < -0.3 is 10.5 Å². The van der Waals surface area contributed by atoms with E-state index in [1.165, 1.54) is 13.3 Å². The van der Waals surface area contributed by atoms with E-state index >= 15 is 0 Å². The summed E-state index contributed by atoms with van der Waals surface area (Å²) >= 11 is 3.03. The Balaban J connectivity index is 3.21. The molecule has 4 nitrogen and oxygen atoms in total. The topological polar surface area (TPSA) is 65.2 Å². The summed E-state index contributed by atoms with van der Waals surface area (Å²) in [5.41, 5.74) is 5.57. The van der Waals surface area contributed by atoms with Crippen LogP contribution in [0.5, 0.6) is 0 Å². The van der Waals surface area contributed by atoms with Gasteiger partial charge in [0.1, 0.15) is 0 Å². The minimum absolute atomic E-state index is 0.0405. The van der Waals surface area contributed by atoms with Crippen molar-refractivity contribution < 1.29 is 18.3 Å². The van der Waals surface area contributed by atoms with Crippen LogP contribution < -0.4 is 5.73 Å². The largest absolute Gasteiger partial charge is 0.469 e. The SMILES string of the molecule is COC(=O)Cc1cnc(CN)c(Br)c1C(F)F. The molecule has 0 atom stereocenters. The zero-order valence-corrected chi connectivity index (χ0v) is 10.6. The molecule has 0 saturated carbocycles. The van der Waals surface area contributed by atoms with Crippen molar-refractivity contribution in [3.63, 3.8) is 0 Å². The number of methoxy groups -OCH3 is 1. The summed E-state index contributed by atoms with van der Waals surface area (Å²) in [6.07, 6.45) is -1.73. The fraction of sp³-hybridized carbons (Fsp3) is 0.400. The lowest BCUT2D eigenvalue weighted by molar-refractivity contribution is -0.139. The highest BCUT2D eigenvalue weighted by atomic mass is 79.9. The van der Waals surface area contributed by atoms with E-state index in [2.05, 4.69) is 25.7 Å². The molecule has 1 aromatic rings. The zero-order chi connectivity index (χ0) is 13.0. The first-order valence-electron chi connectivity index (χ1n) is 4.72. The highest BCUT2D eigenvalue weighted by Crippen LogP contribution is 2.32. The Bertz CT molecular complexity index is 427. The van der Waals surface area contributed by atoms with Crippen LogP contribution in [0.15, 0.2) is 10.7 Å². The van der Waals surface area contributed by atoms with Crippen molar-refractivity contribution in [3.05, 3.63) is 27.5 Å². The molecule has 2 N–H and O–H groups in total. The lowest BCUT2D eigenvalue weighted by Gasteiger charge is -2.12. The summed E-state index contributed by atoms with van der Waals surface area (Å²) < 4.78 is 30.4. The van der Waals surface area contributed by atoms with Crippen molar-refractivity contribution in [2.24, 2.45) is 5.73 Å². The zero-order valence-electron chi connectivity index (χ0n) is 9.04. The molecule has 0 saturated heterocycles. The van der Waals surface area contributed by atoms with Crippen LogP contribution in [0, 0.1) is 0 Å². The van der Waals surface area contributed by atoms with Gasteiger partial charge in [0.25, 0.3) is 6.43 Å². The van der Waals surface area contributed by atoms with E-state index in [1.54, 1.807) is 0 Å². The molecule has 0 unspecified atom stereocenters. The second kappa shape index (κ2) is 6.02. The number of carbonyl (C=O) groups excluding carboxylic acids is 1. The molecule has 1 rings (SSSR count). The van der Waals surface area contributed by atoms with Gasteiger partial charge in [-0.2, -0.15) is 0 Å². The molecule has 0 bridgehead atoms. The van der Waals surface area contributed by atoms with Gasteiger partial charge in [0.05, 0.1) is 19.2 Å². The summed E-state index contributed by atoms with van der Waals surface area (Å²) in [6, 6.07) is 0. The van der Waals surface area contributed by atoms with Gasteiger partial charge in [-0.1, -0.05) is 0 Å². The maximum atomic E-state index is 12.9. The number of pyridine rings is 1. The molecule has 0 radical (unpaired) electrons. The molecular weight excluding hydrogens is 298 g/mol. The quantitative estimate of drug-likeness (QED) is 0.864. The predicted molar refractivity (Wildman–Crippen MR) is 60.5 cm³/mol. The van der Waals surface area contributed by atoms with E-state index in [0.29, 0.717) is 5.69 Å². The van der Waals surface area contributed by atoms with Crippen LogP contribution in [-0.4, -0.2) is 18.1 Å². The first kappa shape index (κ1) is 14.0. The van der Waals surface area contributed by atoms with Crippen molar-refractivity contribution in [1.29, 1.82) is 0 Å². The molecule has 1 heterocycles. The highest BCUT2D eigenvalue weighted by molar-refractivity contribution is 9.10. The van der Waals surface area contributed by atoms with E-state index in [1.807, 2.05) is 0 Å². The fourth-order valence-corrected chi connectivity index (χ4v) is 2.02. The number of nitrogens with zero attached hydrogens (tertiary/aromatic N) is 1. The molecule has 17 heavy (non-hydrogen) atoms. The van der Waals surface area contributed by atoms with E-state index in [-0.39, 0.29) is 28.6 Å². The fourth-order valence-electron chi connectivity index (χ4n) is 1.33. The Hall–Kier alpha value is -1.08. The third-order valence-corrected chi connectivity index (χ3v) is 3.07. The third kappa shape index (κ3) is 3.19. The summed E-state index contributed by atoms with van der Waals surface area (Å²) in [5, 5.41) is 0. The molecule has 0 fully saturated rings. The average Bonchev–Trinajstić information content (AvgIpc) is 2.28. The predicted octanol–water partition coefficient (Wildman–Crippen LogP) is 1.96. The molecule has 0 aliphatic heterocycles. The summed E-state index contributed by atoms with van der Waals surface area (Å²) in [6.45, 7) is 0.0405. The molecule has 0 amide bonds. The number of hydrogen-bond donors (Lipinski definition) is 1. The van der Waals surface area contributed by atoms with Crippen LogP contribution in [0.2, 0.25) is 0 Å². The number of aromatic nitrogens is 1. The number of esters is 1. The Morgan fingerprint density at radius 1 is 1.65 bits per heavy atom. The van der Waals surface area contributed by atoms with Gasteiger partial charge in [-0.15, -0.1) is 0 Å². The second-order valence-corrected chi connectivity index (χ2v) is 4.01. The molecule has 1 aromatic heterocycles. The van der Waals surface area contributed by atoms with Crippen LogP contribution in [-0.2, 0) is 22.5 Å². The number of rotatable bonds is 4. The first-order chi connectivity index (χ1) is 8.01. The maximum absolute atomic E-state index is 12.9. The van der Waals surface area contributed by atoms with E-state index in [9.17, 15) is 13.6 Å². The highest BCUT2D eigenvalue weighted by Gasteiger charge is 2.21. The van der Waals surface area contributed by atoms with Crippen molar-refractivity contribution >= 4 is 21.9 Å². The second-order valence-electron chi connectivity index (χ2n) is 3.22. The number of carbonyl (C=O) groups is 1. The van der Waals surface area contributed by atoms with Gasteiger partial charge in [-0.25, -0.2) is 8.78 Å². The van der Waals surface area contributed by atoms with Crippen molar-refractivity contribution in [2.75, 3.05) is 7.11 Å². The average molecular weight is 309 g/mol. The van der Waals surface area contributed by atoms with Crippen molar-refractivity contribution in [3.8, 4) is 0 Å². The van der Waals surface area contributed by atoms with Crippen molar-refractivity contribution in [1.82, 2.24) is 4.98 Å². The Morgan fingerprint density at radius 2 is 2.29 bits per heavy atom. The lowest BCUT2D eigenvalue weighted by Crippen LogP contribution is -2.11. The van der Waals surface area contributed by atoms with Gasteiger partial charge in [0, 0.05) is 22.8 Å². The number of halogens is 3. The lowest BCUT2D eigenvalue weighted by atomic mass is 10.1. The van der Waals surface area contributed by atoms with E-state index in [4.69, 9.17) is 5.73 Å². The molecule has 0 aliphatic rings. The smallest absolute Gasteiger partial charge is 0.310 e. The van der Waals surface area contributed by atoms with Gasteiger partial charge in [0.2, 0.25) is 0 Å². The van der Waals surface area contributed by atoms with E-state index < -0.39 is 12.4 Å². The summed E-state index contributed by atoms with van der Waals surface area (Å²) in [7, 11) is 1.20. The van der Waals surface area contributed by atoms with Crippen LogP contribution in [0.1, 0.15) is 23.2 Å². The number of alkyl halides is 2. The molecule has 0 aliphatic carbocycles. The van der Waals surface area contributed by atoms with Gasteiger partial charge in [-0.05, 0) is 21.5 Å². The maximum Gasteiger partial charge on any atom is 0.310 e. The van der Waals surface area contributed by atoms with Crippen LogP contribution >= 0.6 is 15.9 Å². The Morgan fingerprint density at radius 3 is 2.76 bits per heavy atom. The number of hydrogen-bond acceptors (Lipinski definition) is 4. The Kier molecular flexibility index (Phi) is 4.95. The standard InChI is InChI=1S/C10H11BrF2N2O2/c1-17-7(16)2-5-4-15-6(3-14)9(11)8(5)10(12)13/h4,10H,2-3,14H2,1H3. The molecule has 94 valence electrons. The Labute approximate surface area is 105 Å². The molecule has 0 spiro atoms. The van der Waals surface area contributed by atoms with Gasteiger partial charge >= 0.3 is 5.97 Å². The van der Waals surface area contributed by atoms with Crippen LogP contribution in [0.25, 0.3) is 0 Å². The minimum atomic E-state index is -2.71. The monoisotopic (exact) mass is 308 g/mol. The van der Waals surface area contributed by atoms with E-state index in [0.717, 1.165) is 0 Å². The molecule has 0 aromatic carbocycles. The third-order valence-electron chi connectivity index (χ3n) is 2.19. The first-order valence-corrected chi connectivity index (χ1v) is 5.51. The van der Waals surface area contributed by atoms with Crippen LogP contribution in [0.4, 0.5) is 8.78 Å². The minimum Gasteiger partial charge on any atom is -0.469 e. The molecule has 7 heteroatoms. The number of nitrogens with two attached hydrogens (primary N) is 1.